The molecule has 0 heterocycles. The SMILES string of the molecule is CC(C)CNCc1ccc(N(CC2CC2)C2CC2)c(F)c1. The van der Waals surface area contributed by atoms with Crippen LogP contribution in [0.4, 0.5) is 10.1 Å². The number of hydrogen-bond donors (Lipinski definition) is 1. The van der Waals surface area contributed by atoms with Crippen LogP contribution in [0, 0.1) is 17.7 Å². The van der Waals surface area contributed by atoms with Gasteiger partial charge in [-0.05, 0) is 61.8 Å². The largest absolute Gasteiger partial charge is 0.366 e. The van der Waals surface area contributed by atoms with Gasteiger partial charge in [-0.2, -0.15) is 0 Å². The van der Waals surface area contributed by atoms with Crippen molar-refractivity contribution >= 4 is 5.69 Å². The monoisotopic (exact) mass is 290 g/mol. The lowest BCUT2D eigenvalue weighted by Crippen LogP contribution is -2.29. The van der Waals surface area contributed by atoms with E-state index in [1.807, 2.05) is 6.07 Å². The summed E-state index contributed by atoms with van der Waals surface area (Å²) in [5.41, 5.74) is 1.86. The fraction of sp³-hybridized carbons (Fsp3) is 0.667. The van der Waals surface area contributed by atoms with Gasteiger partial charge in [0.1, 0.15) is 5.82 Å². The zero-order valence-electron chi connectivity index (χ0n) is 13.2. The number of anilines is 1. The summed E-state index contributed by atoms with van der Waals surface area (Å²) >= 11 is 0. The Hall–Kier alpha value is -1.09. The van der Waals surface area contributed by atoms with E-state index in [-0.39, 0.29) is 5.82 Å². The summed E-state index contributed by atoms with van der Waals surface area (Å²) in [6.45, 7) is 7.14. The van der Waals surface area contributed by atoms with Crippen LogP contribution >= 0.6 is 0 Å². The molecular formula is C18H27FN2. The van der Waals surface area contributed by atoms with Crippen molar-refractivity contribution in [1.82, 2.24) is 5.32 Å². The first-order valence-corrected chi connectivity index (χ1v) is 8.39. The molecule has 2 saturated carbocycles. The zero-order chi connectivity index (χ0) is 14.8. The molecule has 2 aliphatic rings. The van der Waals surface area contributed by atoms with E-state index in [1.165, 1.54) is 25.7 Å². The number of nitrogens with one attached hydrogen (secondary N) is 1. The number of nitrogens with zero attached hydrogens (tertiary/aromatic N) is 1. The molecule has 0 aliphatic heterocycles. The molecule has 0 bridgehead atoms. The fourth-order valence-corrected chi connectivity index (χ4v) is 2.81. The van der Waals surface area contributed by atoms with Gasteiger partial charge < -0.3 is 10.2 Å². The van der Waals surface area contributed by atoms with E-state index in [2.05, 4.69) is 30.1 Å². The number of halogens is 1. The Morgan fingerprint density at radius 1 is 1.24 bits per heavy atom. The standard InChI is InChI=1S/C18H27FN2/c1-13(2)10-20-11-15-5-8-18(17(19)9-15)21(16-6-7-16)12-14-3-4-14/h5,8-9,13-14,16,20H,3-4,6-7,10-12H2,1-2H3. The Morgan fingerprint density at radius 3 is 2.57 bits per heavy atom. The summed E-state index contributed by atoms with van der Waals surface area (Å²) in [6, 6.07) is 6.37. The van der Waals surface area contributed by atoms with Crippen LogP contribution in [0.5, 0.6) is 0 Å². The maximum absolute atomic E-state index is 14.5. The Balaban J connectivity index is 1.64. The molecule has 1 N–H and O–H groups in total. The minimum absolute atomic E-state index is 0.0496. The van der Waals surface area contributed by atoms with Crippen LogP contribution in [0.25, 0.3) is 0 Å². The zero-order valence-corrected chi connectivity index (χ0v) is 13.2. The Bertz CT molecular complexity index is 478. The van der Waals surface area contributed by atoms with Gasteiger partial charge in [0.05, 0.1) is 5.69 Å². The van der Waals surface area contributed by atoms with E-state index >= 15 is 0 Å². The van der Waals surface area contributed by atoms with Crippen molar-refractivity contribution in [1.29, 1.82) is 0 Å². The Labute approximate surface area is 127 Å². The van der Waals surface area contributed by atoms with Gasteiger partial charge in [-0.1, -0.05) is 19.9 Å². The normalized spacial score (nSPS) is 18.3. The van der Waals surface area contributed by atoms with Gasteiger partial charge in [0, 0.05) is 19.1 Å². The van der Waals surface area contributed by atoms with E-state index in [0.29, 0.717) is 12.0 Å². The van der Waals surface area contributed by atoms with Crippen molar-refractivity contribution < 1.29 is 4.39 Å². The van der Waals surface area contributed by atoms with Gasteiger partial charge in [-0.3, -0.25) is 0 Å². The van der Waals surface area contributed by atoms with Crippen molar-refractivity contribution in [2.24, 2.45) is 11.8 Å². The Kier molecular flexibility index (Phi) is 4.48. The minimum atomic E-state index is -0.0496. The molecule has 21 heavy (non-hydrogen) atoms. The average Bonchev–Trinajstić information content (AvgIpc) is 3.30. The van der Waals surface area contributed by atoms with Gasteiger partial charge in [-0.25, -0.2) is 4.39 Å². The summed E-state index contributed by atoms with van der Waals surface area (Å²) < 4.78 is 14.5. The molecule has 0 aromatic heterocycles. The van der Waals surface area contributed by atoms with Gasteiger partial charge in [-0.15, -0.1) is 0 Å². The lowest BCUT2D eigenvalue weighted by Gasteiger charge is -2.25. The molecule has 2 aliphatic carbocycles. The third kappa shape index (κ3) is 4.19. The van der Waals surface area contributed by atoms with Crippen molar-refractivity contribution in [3.8, 4) is 0 Å². The molecule has 0 radical (unpaired) electrons. The summed E-state index contributed by atoms with van der Waals surface area (Å²) in [6.07, 6.45) is 5.10. The number of rotatable bonds is 8. The molecular weight excluding hydrogens is 263 g/mol. The molecule has 2 nitrogen and oxygen atoms in total. The van der Waals surface area contributed by atoms with Crippen molar-refractivity contribution in [3.63, 3.8) is 0 Å². The third-order valence-corrected chi connectivity index (χ3v) is 4.34. The van der Waals surface area contributed by atoms with Crippen LogP contribution in [0.3, 0.4) is 0 Å². The molecule has 0 spiro atoms. The van der Waals surface area contributed by atoms with Gasteiger partial charge >= 0.3 is 0 Å². The maximum atomic E-state index is 14.5. The lowest BCUT2D eigenvalue weighted by molar-refractivity contribution is 0.549. The predicted molar refractivity (Wildman–Crippen MR) is 86.0 cm³/mol. The lowest BCUT2D eigenvalue weighted by atomic mass is 10.1. The molecule has 3 rings (SSSR count). The minimum Gasteiger partial charge on any atom is -0.366 e. The smallest absolute Gasteiger partial charge is 0.146 e. The molecule has 0 amide bonds. The van der Waals surface area contributed by atoms with Crippen LogP contribution < -0.4 is 10.2 Å². The van der Waals surface area contributed by atoms with E-state index < -0.39 is 0 Å². The number of benzene rings is 1. The van der Waals surface area contributed by atoms with Crippen LogP contribution in [-0.2, 0) is 6.54 Å². The summed E-state index contributed by atoms with van der Waals surface area (Å²) in [5, 5.41) is 3.37. The molecule has 116 valence electrons. The summed E-state index contributed by atoms with van der Waals surface area (Å²) in [4.78, 5) is 2.32. The molecule has 0 unspecified atom stereocenters. The summed E-state index contributed by atoms with van der Waals surface area (Å²) in [5.74, 6) is 1.38. The van der Waals surface area contributed by atoms with Crippen LogP contribution in [0.15, 0.2) is 18.2 Å². The number of hydrogen-bond acceptors (Lipinski definition) is 2. The molecule has 3 heteroatoms. The van der Waals surface area contributed by atoms with Crippen molar-refractivity contribution in [2.45, 2.75) is 52.1 Å². The maximum Gasteiger partial charge on any atom is 0.146 e. The highest BCUT2D eigenvalue weighted by atomic mass is 19.1. The highest BCUT2D eigenvalue weighted by Gasteiger charge is 2.34. The van der Waals surface area contributed by atoms with Crippen LogP contribution in [-0.4, -0.2) is 19.1 Å². The predicted octanol–water partition coefficient (Wildman–Crippen LogP) is 3.95. The van der Waals surface area contributed by atoms with Crippen LogP contribution in [0.2, 0.25) is 0 Å². The van der Waals surface area contributed by atoms with Gasteiger partial charge in [0.25, 0.3) is 0 Å². The van der Waals surface area contributed by atoms with E-state index in [4.69, 9.17) is 0 Å². The third-order valence-electron chi connectivity index (χ3n) is 4.34. The first-order chi connectivity index (χ1) is 10.1. The quantitative estimate of drug-likeness (QED) is 0.780. The molecule has 1 aromatic rings. The molecule has 1 aromatic carbocycles. The molecule has 2 fully saturated rings. The highest BCUT2D eigenvalue weighted by Crippen LogP contribution is 2.38. The highest BCUT2D eigenvalue weighted by molar-refractivity contribution is 5.51. The average molecular weight is 290 g/mol. The van der Waals surface area contributed by atoms with Crippen molar-refractivity contribution in [3.05, 3.63) is 29.6 Å². The van der Waals surface area contributed by atoms with Gasteiger partial charge in [0.2, 0.25) is 0 Å². The van der Waals surface area contributed by atoms with Gasteiger partial charge in [0.15, 0.2) is 0 Å². The first kappa shape index (κ1) is 14.8. The van der Waals surface area contributed by atoms with Crippen molar-refractivity contribution in [2.75, 3.05) is 18.0 Å². The molecule has 0 atom stereocenters. The van der Waals surface area contributed by atoms with E-state index in [1.54, 1.807) is 6.07 Å². The van der Waals surface area contributed by atoms with Crippen LogP contribution in [0.1, 0.15) is 45.1 Å². The second kappa shape index (κ2) is 6.35. The van der Waals surface area contributed by atoms with E-state index in [9.17, 15) is 4.39 Å². The fourth-order valence-electron chi connectivity index (χ4n) is 2.81. The Morgan fingerprint density at radius 2 is 2.00 bits per heavy atom. The van der Waals surface area contributed by atoms with E-state index in [0.717, 1.165) is 36.8 Å². The first-order valence-electron chi connectivity index (χ1n) is 8.39. The second-order valence-electron chi connectivity index (χ2n) is 7.14. The molecule has 0 saturated heterocycles. The second-order valence-corrected chi connectivity index (χ2v) is 7.14. The topological polar surface area (TPSA) is 15.3 Å². The summed E-state index contributed by atoms with van der Waals surface area (Å²) in [7, 11) is 0.